The average Bonchev–Trinajstić information content (AvgIpc) is 3.34. The molecule has 1 saturated carbocycles. The Bertz CT molecular complexity index is 778. The molecule has 1 aliphatic carbocycles. The number of amides is 2. The Balaban J connectivity index is 1.66. The van der Waals surface area contributed by atoms with Crippen molar-refractivity contribution in [3.8, 4) is 0 Å². The summed E-state index contributed by atoms with van der Waals surface area (Å²) in [4.78, 5) is 11.6. The van der Waals surface area contributed by atoms with Gasteiger partial charge in [0.15, 0.2) is 11.6 Å². The lowest BCUT2D eigenvalue weighted by atomic mass is 10.2. The van der Waals surface area contributed by atoms with Crippen LogP contribution < -0.4 is 16.0 Å². The summed E-state index contributed by atoms with van der Waals surface area (Å²) in [6.45, 7) is 0. The largest absolute Gasteiger partial charge is 0.417 e. The van der Waals surface area contributed by atoms with E-state index >= 15 is 0 Å². The van der Waals surface area contributed by atoms with E-state index in [1.54, 1.807) is 0 Å². The van der Waals surface area contributed by atoms with Gasteiger partial charge in [-0.1, -0.05) is 11.6 Å². The number of hydrogen-bond acceptors (Lipinski definition) is 4. The number of nitrogens with zero attached hydrogens (tertiary/aromatic N) is 2. The minimum atomic E-state index is -4.55. The predicted octanol–water partition coefficient (Wildman–Crippen LogP) is 4.18. The Kier molecular flexibility index (Phi) is 4.67. The monoisotopic (exact) mass is 371 g/mol. The summed E-state index contributed by atoms with van der Waals surface area (Å²) in [6.07, 6.45) is -2.63. The second-order valence-corrected chi connectivity index (χ2v) is 5.90. The number of hydrogen-bond donors (Lipinski definition) is 3. The van der Waals surface area contributed by atoms with E-state index in [0.29, 0.717) is 0 Å². The average molecular weight is 372 g/mol. The molecule has 1 aromatic heterocycles. The Morgan fingerprint density at radius 3 is 2.40 bits per heavy atom. The number of rotatable bonds is 4. The zero-order valence-electron chi connectivity index (χ0n) is 12.7. The van der Waals surface area contributed by atoms with Crippen LogP contribution in [0.5, 0.6) is 0 Å². The van der Waals surface area contributed by atoms with Crippen molar-refractivity contribution in [1.82, 2.24) is 15.5 Å². The molecule has 3 N–H and O–H groups in total. The van der Waals surface area contributed by atoms with Gasteiger partial charge < -0.3 is 10.6 Å². The third-order valence-electron chi connectivity index (χ3n) is 3.36. The minimum Gasteiger partial charge on any atom is -0.339 e. The zero-order chi connectivity index (χ0) is 18.0. The van der Waals surface area contributed by atoms with Crippen molar-refractivity contribution < 1.29 is 18.0 Å². The number of aromatic nitrogens is 2. The first-order valence-electron chi connectivity index (χ1n) is 7.36. The maximum absolute atomic E-state index is 12.9. The second kappa shape index (κ2) is 6.75. The van der Waals surface area contributed by atoms with Crippen molar-refractivity contribution in [3.05, 3.63) is 40.9 Å². The molecule has 2 amide bonds. The number of alkyl halides is 3. The lowest BCUT2D eigenvalue weighted by molar-refractivity contribution is -0.137. The highest BCUT2D eigenvalue weighted by atomic mass is 35.5. The summed E-state index contributed by atoms with van der Waals surface area (Å²) < 4.78 is 38.6. The minimum absolute atomic E-state index is 0.165. The Morgan fingerprint density at radius 1 is 1.12 bits per heavy atom. The molecule has 6 nitrogen and oxygen atoms in total. The van der Waals surface area contributed by atoms with Gasteiger partial charge in [-0.15, -0.1) is 10.2 Å². The van der Waals surface area contributed by atoms with Crippen molar-refractivity contribution in [2.45, 2.75) is 25.1 Å². The lowest BCUT2D eigenvalue weighted by Gasteiger charge is -2.12. The lowest BCUT2D eigenvalue weighted by Crippen LogP contribution is -2.30. The Labute approximate surface area is 145 Å². The fourth-order valence-corrected chi connectivity index (χ4v) is 2.22. The van der Waals surface area contributed by atoms with Crippen LogP contribution in [0.25, 0.3) is 0 Å². The number of carbonyl (C=O) groups excluding carboxylic acids is 1. The van der Waals surface area contributed by atoms with E-state index in [0.717, 1.165) is 25.0 Å². The molecule has 0 saturated heterocycles. The SMILES string of the molecule is O=C(Nc1ccc(Nc2ccc(Cl)c(C(F)(F)F)c2)nn1)NC1CC1. The van der Waals surface area contributed by atoms with Crippen LogP contribution in [0, 0.1) is 0 Å². The van der Waals surface area contributed by atoms with E-state index in [1.807, 2.05) is 0 Å². The van der Waals surface area contributed by atoms with E-state index in [-0.39, 0.29) is 34.4 Å². The molecule has 0 spiro atoms. The summed E-state index contributed by atoms with van der Waals surface area (Å²) in [5.41, 5.74) is -0.777. The van der Waals surface area contributed by atoms with E-state index < -0.39 is 11.7 Å². The number of carbonyl (C=O) groups is 1. The quantitative estimate of drug-likeness (QED) is 0.753. The van der Waals surface area contributed by atoms with Gasteiger partial charge in [-0.3, -0.25) is 5.32 Å². The first kappa shape index (κ1) is 17.3. The first-order valence-corrected chi connectivity index (χ1v) is 7.74. The van der Waals surface area contributed by atoms with Crippen LogP contribution in [0.3, 0.4) is 0 Å². The fraction of sp³-hybridized carbons (Fsp3) is 0.267. The van der Waals surface area contributed by atoms with Crippen LogP contribution in [0.15, 0.2) is 30.3 Å². The Hall–Kier alpha value is -2.55. The van der Waals surface area contributed by atoms with Gasteiger partial charge in [-0.05, 0) is 43.2 Å². The van der Waals surface area contributed by atoms with Crippen LogP contribution in [0.2, 0.25) is 5.02 Å². The maximum atomic E-state index is 12.9. The van der Waals surface area contributed by atoms with Gasteiger partial charge in [0.05, 0.1) is 10.6 Å². The molecule has 0 aliphatic heterocycles. The third kappa shape index (κ3) is 4.72. The number of nitrogens with one attached hydrogen (secondary N) is 3. The van der Waals surface area contributed by atoms with Gasteiger partial charge in [-0.25, -0.2) is 4.79 Å². The first-order chi connectivity index (χ1) is 11.8. The van der Waals surface area contributed by atoms with Crippen molar-refractivity contribution >= 4 is 35.0 Å². The second-order valence-electron chi connectivity index (χ2n) is 5.49. The van der Waals surface area contributed by atoms with Gasteiger partial charge in [0.25, 0.3) is 0 Å². The number of halogens is 4. The number of benzene rings is 1. The summed E-state index contributed by atoms with van der Waals surface area (Å²) in [6, 6.07) is 6.25. The fourth-order valence-electron chi connectivity index (χ4n) is 2.00. The summed E-state index contributed by atoms with van der Waals surface area (Å²) in [5.74, 6) is 0.458. The highest BCUT2D eigenvalue weighted by molar-refractivity contribution is 6.31. The van der Waals surface area contributed by atoms with E-state index in [1.165, 1.54) is 18.2 Å². The van der Waals surface area contributed by atoms with E-state index in [9.17, 15) is 18.0 Å². The van der Waals surface area contributed by atoms with Crippen LogP contribution in [-0.2, 0) is 6.18 Å². The molecule has 0 unspecified atom stereocenters. The van der Waals surface area contributed by atoms with Crippen molar-refractivity contribution in [2.24, 2.45) is 0 Å². The highest BCUT2D eigenvalue weighted by Gasteiger charge is 2.33. The van der Waals surface area contributed by atoms with Crippen molar-refractivity contribution in [2.75, 3.05) is 10.6 Å². The molecule has 10 heteroatoms. The van der Waals surface area contributed by atoms with Crippen molar-refractivity contribution in [3.63, 3.8) is 0 Å². The zero-order valence-corrected chi connectivity index (χ0v) is 13.4. The molecule has 0 bridgehead atoms. The van der Waals surface area contributed by atoms with Gasteiger partial charge in [0, 0.05) is 11.7 Å². The number of anilines is 3. The molecule has 132 valence electrons. The smallest absolute Gasteiger partial charge is 0.339 e. The standard InChI is InChI=1S/C15H13ClF3N5O/c16-11-4-3-9(7-10(11)15(17,18)19)20-12-5-6-13(24-23-12)22-14(25)21-8-1-2-8/h3-8H,1-2H2,(H,20,23)(H2,21,22,24,25). The van der Waals surface area contributed by atoms with Gasteiger partial charge in [0.1, 0.15) is 0 Å². The molecule has 3 rings (SSSR count). The maximum Gasteiger partial charge on any atom is 0.417 e. The third-order valence-corrected chi connectivity index (χ3v) is 3.69. The molecule has 1 heterocycles. The van der Waals surface area contributed by atoms with Crippen molar-refractivity contribution in [1.29, 1.82) is 0 Å². The molecule has 0 atom stereocenters. The van der Waals surface area contributed by atoms with Gasteiger partial charge >= 0.3 is 12.2 Å². The van der Waals surface area contributed by atoms with Crippen LogP contribution in [-0.4, -0.2) is 22.3 Å². The topological polar surface area (TPSA) is 78.9 Å². The highest BCUT2D eigenvalue weighted by Crippen LogP contribution is 2.36. The molecular weight excluding hydrogens is 359 g/mol. The molecular formula is C15H13ClF3N5O. The molecule has 1 aromatic carbocycles. The van der Waals surface area contributed by atoms with E-state index in [2.05, 4.69) is 26.1 Å². The summed E-state index contributed by atoms with van der Waals surface area (Å²) in [5, 5.41) is 15.2. The molecule has 1 fully saturated rings. The molecule has 0 radical (unpaired) electrons. The molecule has 1 aliphatic rings. The summed E-state index contributed by atoms with van der Waals surface area (Å²) >= 11 is 5.57. The number of urea groups is 1. The van der Waals surface area contributed by atoms with E-state index in [4.69, 9.17) is 11.6 Å². The normalized spacial score (nSPS) is 14.1. The van der Waals surface area contributed by atoms with Crippen LogP contribution in [0.4, 0.5) is 35.3 Å². The Morgan fingerprint density at radius 2 is 1.80 bits per heavy atom. The summed E-state index contributed by atoms with van der Waals surface area (Å²) in [7, 11) is 0. The molecule has 2 aromatic rings. The predicted molar refractivity (Wildman–Crippen MR) is 86.9 cm³/mol. The molecule has 25 heavy (non-hydrogen) atoms. The van der Waals surface area contributed by atoms with Gasteiger partial charge in [-0.2, -0.15) is 13.2 Å². The van der Waals surface area contributed by atoms with Crippen LogP contribution >= 0.6 is 11.6 Å². The van der Waals surface area contributed by atoms with Gasteiger partial charge in [0.2, 0.25) is 0 Å². The van der Waals surface area contributed by atoms with Crippen LogP contribution in [0.1, 0.15) is 18.4 Å².